The van der Waals surface area contributed by atoms with E-state index in [0.29, 0.717) is 75.9 Å². The first kappa shape index (κ1) is 44.1. The second-order valence-corrected chi connectivity index (χ2v) is 18.7. The molecule has 352 valence electrons. The highest BCUT2D eigenvalue weighted by Crippen LogP contribution is 2.37. The summed E-state index contributed by atoms with van der Waals surface area (Å²) in [6.07, 6.45) is 6.27. The molecule has 7 aliphatic rings. The Balaban J connectivity index is 0.685. The van der Waals surface area contributed by atoms with Crippen LogP contribution >= 0.6 is 0 Å². The number of aromatic nitrogens is 4. The van der Waals surface area contributed by atoms with Gasteiger partial charge in [-0.2, -0.15) is 5.10 Å². The summed E-state index contributed by atoms with van der Waals surface area (Å²) in [5.74, 6) is -0.266. The third kappa shape index (κ3) is 8.44. The highest BCUT2D eigenvalue weighted by Gasteiger charge is 2.41. The Morgan fingerprint density at radius 1 is 1.06 bits per heavy atom. The second kappa shape index (κ2) is 18.1. The van der Waals surface area contributed by atoms with Crippen LogP contribution in [0, 0.1) is 17.2 Å². The number of amides is 3. The maximum absolute atomic E-state index is 15.6. The van der Waals surface area contributed by atoms with Crippen LogP contribution in [-0.2, 0) is 30.9 Å². The first-order valence-corrected chi connectivity index (χ1v) is 23.0. The molecule has 0 spiro atoms. The molecule has 2 aromatic heterocycles. The van der Waals surface area contributed by atoms with E-state index in [4.69, 9.17) is 14.9 Å². The van der Waals surface area contributed by atoms with Crippen molar-refractivity contribution in [1.29, 1.82) is 5.41 Å². The minimum absolute atomic E-state index is 0.106. The maximum Gasteiger partial charge on any atom is 0.329 e. The molecule has 6 fully saturated rings. The van der Waals surface area contributed by atoms with E-state index in [9.17, 15) is 28.0 Å². The number of benzene rings is 1. The number of alkyl halides is 3. The van der Waals surface area contributed by atoms with Crippen molar-refractivity contribution in [3.05, 3.63) is 64.2 Å². The fourth-order valence-corrected chi connectivity index (χ4v) is 10.9. The summed E-state index contributed by atoms with van der Waals surface area (Å²) in [7, 11) is 1.69. The zero-order chi connectivity index (χ0) is 45.8. The molecule has 66 heavy (non-hydrogen) atoms. The first-order valence-electron chi connectivity index (χ1n) is 23.0. The number of imidazole rings is 1. The standard InChI is InChI=1S/C45H55F3N12O6/c1-55-40-33(3-2-4-34(40)60(45(55)64)35-9-10-38(61)53-44(35)63)57-18-26(19-57)23-66-36-12-14-56(21-31(36)46)17-25-5-7-27(8-6-25)59-22-32(39(54-59)41(47)48)51-43(62)30(16-49)42-50-13-11-37(52-42)58-20-29-15-28(58)24-65-29/h2-4,11,13,16,22,25-29,31,35-36,41,49-50H,5-10,12,14-15,17-21,23-24H2,1H3,(H,51,62)(H,53,61,63)/b42-30-,49-16?/t25-,27-,28?,29-,31-,35?,36+/m1/s1. The summed E-state index contributed by atoms with van der Waals surface area (Å²) in [6.45, 7) is 4.80. The Morgan fingerprint density at radius 3 is 2.59 bits per heavy atom. The lowest BCUT2D eigenvalue weighted by Crippen LogP contribution is -2.51. The van der Waals surface area contributed by atoms with Gasteiger partial charge < -0.3 is 35.3 Å². The van der Waals surface area contributed by atoms with Crippen LogP contribution in [0.1, 0.15) is 75.6 Å². The van der Waals surface area contributed by atoms with Gasteiger partial charge in [-0.1, -0.05) is 6.07 Å². The molecule has 1 saturated carbocycles. The average Bonchev–Trinajstić information content (AvgIpc) is 4.09. The Morgan fingerprint density at radius 2 is 1.88 bits per heavy atom. The zero-order valence-electron chi connectivity index (χ0n) is 36.7. The van der Waals surface area contributed by atoms with E-state index in [0.717, 1.165) is 43.2 Å². The number of amidine groups is 1. The minimum Gasteiger partial charge on any atom is -0.375 e. The molecule has 1 aromatic carbocycles. The van der Waals surface area contributed by atoms with Crippen LogP contribution in [0.4, 0.5) is 24.5 Å². The number of para-hydroxylation sites is 1. The normalized spacial score (nSPS) is 29.0. The predicted molar refractivity (Wildman–Crippen MR) is 237 cm³/mol. The van der Waals surface area contributed by atoms with Gasteiger partial charge in [0.15, 0.2) is 5.69 Å². The third-order valence-electron chi connectivity index (χ3n) is 14.5. The molecular formula is C45H55F3N12O6. The van der Waals surface area contributed by atoms with Crippen LogP contribution in [0.5, 0.6) is 0 Å². The summed E-state index contributed by atoms with van der Waals surface area (Å²) in [6, 6.07) is 4.93. The number of hydrogen-bond acceptors (Lipinski definition) is 13. The quantitative estimate of drug-likeness (QED) is 0.118. The van der Waals surface area contributed by atoms with Crippen molar-refractivity contribution in [3.8, 4) is 0 Å². The number of aryl methyl sites for hydroxylation is 1. The second-order valence-electron chi connectivity index (χ2n) is 18.7. The number of carbonyl (C=O) groups excluding carboxylic acids is 3. The fourth-order valence-electron chi connectivity index (χ4n) is 10.9. The molecule has 1 aliphatic carbocycles. The van der Waals surface area contributed by atoms with Crippen molar-refractivity contribution in [1.82, 2.24) is 39.3 Å². The zero-order valence-corrected chi connectivity index (χ0v) is 36.7. The topological polar surface area (TPSA) is 196 Å². The number of nitrogens with zero attached hydrogens (tertiary/aromatic N) is 8. The van der Waals surface area contributed by atoms with E-state index in [1.807, 2.05) is 18.2 Å². The van der Waals surface area contributed by atoms with E-state index in [1.165, 1.54) is 15.4 Å². The monoisotopic (exact) mass is 916 g/mol. The molecule has 3 aromatic rings. The van der Waals surface area contributed by atoms with Gasteiger partial charge in [-0.25, -0.2) is 23.0 Å². The van der Waals surface area contributed by atoms with Crippen LogP contribution in [0.25, 0.3) is 11.0 Å². The van der Waals surface area contributed by atoms with E-state index in [-0.39, 0.29) is 72.2 Å². The van der Waals surface area contributed by atoms with Crippen LogP contribution in [0.2, 0.25) is 0 Å². The number of imide groups is 1. The van der Waals surface area contributed by atoms with E-state index in [2.05, 4.69) is 40.7 Å². The molecule has 0 radical (unpaired) electrons. The molecule has 3 amide bonds. The molecular weight excluding hydrogens is 862 g/mol. The van der Waals surface area contributed by atoms with E-state index >= 15 is 4.39 Å². The van der Waals surface area contributed by atoms with Crippen molar-refractivity contribution in [3.63, 3.8) is 0 Å². The van der Waals surface area contributed by atoms with Gasteiger partial charge in [0.25, 0.3) is 12.3 Å². The van der Waals surface area contributed by atoms with Crippen LogP contribution in [0.15, 0.2) is 57.9 Å². The smallest absolute Gasteiger partial charge is 0.329 e. The third-order valence-corrected chi connectivity index (χ3v) is 14.5. The van der Waals surface area contributed by atoms with Crippen molar-refractivity contribution in [2.45, 2.75) is 94.3 Å². The van der Waals surface area contributed by atoms with Crippen LogP contribution < -0.4 is 26.5 Å². The lowest BCUT2D eigenvalue weighted by Gasteiger charge is -2.43. The highest BCUT2D eigenvalue weighted by atomic mass is 19.3. The van der Waals surface area contributed by atoms with Crippen LogP contribution in [-0.4, -0.2) is 135 Å². The summed E-state index contributed by atoms with van der Waals surface area (Å²) >= 11 is 0. The number of rotatable bonds is 12. The molecule has 8 heterocycles. The molecule has 6 aliphatic heterocycles. The van der Waals surface area contributed by atoms with Gasteiger partial charge in [0.1, 0.15) is 23.9 Å². The number of ether oxygens (including phenoxy) is 2. The fraction of sp³-hybridized carbons (Fsp3) is 0.578. The number of fused-ring (bicyclic) bond motifs is 3. The van der Waals surface area contributed by atoms with Gasteiger partial charge in [-0.15, -0.1) is 0 Å². The van der Waals surface area contributed by atoms with E-state index in [1.54, 1.807) is 23.9 Å². The number of hydrogen-bond donors (Lipinski definition) is 4. The van der Waals surface area contributed by atoms with Gasteiger partial charge in [-0.05, 0) is 69.1 Å². The van der Waals surface area contributed by atoms with Crippen molar-refractivity contribution >= 4 is 52.2 Å². The van der Waals surface area contributed by atoms with Gasteiger partial charge in [0, 0.05) is 77.3 Å². The minimum atomic E-state index is -2.93. The molecule has 2 unspecified atom stereocenters. The van der Waals surface area contributed by atoms with Crippen molar-refractivity contribution in [2.24, 2.45) is 23.9 Å². The number of likely N-dealkylation sites (tertiary alicyclic amines) is 2. The summed E-state index contributed by atoms with van der Waals surface area (Å²) in [4.78, 5) is 62.3. The lowest BCUT2D eigenvalue weighted by atomic mass is 9.85. The number of nitrogens with one attached hydrogen (secondary N) is 4. The van der Waals surface area contributed by atoms with Gasteiger partial charge >= 0.3 is 5.69 Å². The summed E-state index contributed by atoms with van der Waals surface area (Å²) in [5, 5.41) is 20.1. The largest absolute Gasteiger partial charge is 0.375 e. The average molecular weight is 917 g/mol. The molecule has 2 bridgehead atoms. The van der Waals surface area contributed by atoms with Gasteiger partial charge in [0.2, 0.25) is 11.8 Å². The summed E-state index contributed by atoms with van der Waals surface area (Å²) in [5.41, 5.74) is 1.16. The van der Waals surface area contributed by atoms with Gasteiger partial charge in [0.05, 0.1) is 65.5 Å². The summed E-state index contributed by atoms with van der Waals surface area (Å²) < 4.78 is 60.6. The number of morpholine rings is 1. The Bertz CT molecular complexity index is 2560. The molecule has 18 nitrogen and oxygen atoms in total. The number of aliphatic imine (C=N–C) groups is 1. The SMILES string of the molecule is Cn1c(=O)n(C2CCC(=O)NC2=O)c2cccc(N3CC(CO[C@H]4CCN(C[C@H]5CC[C@H](n6cc(NC(=O)/C(C=N)=C7\N=C(N8C[C@H]9CC8CO9)C=CN7)c(C(F)F)n6)CC5)C[C@H]4F)C3)c21. The number of carbonyl (C=O) groups is 3. The number of halogens is 3. The molecule has 21 heteroatoms. The number of piperidine rings is 2. The highest BCUT2D eigenvalue weighted by molar-refractivity contribution is 6.18. The molecule has 5 saturated heterocycles. The Kier molecular flexibility index (Phi) is 12.1. The van der Waals surface area contributed by atoms with Crippen molar-refractivity contribution in [2.75, 3.05) is 62.7 Å². The first-order chi connectivity index (χ1) is 31.9. The lowest BCUT2D eigenvalue weighted by molar-refractivity contribution is -0.135. The molecule has 10 rings (SSSR count). The maximum atomic E-state index is 15.6. The predicted octanol–water partition coefficient (Wildman–Crippen LogP) is 3.54. The molecule has 5 atom stereocenters. The Hall–Kier alpha value is -5.80. The van der Waals surface area contributed by atoms with Crippen LogP contribution in [0.3, 0.4) is 0 Å². The van der Waals surface area contributed by atoms with Gasteiger partial charge in [-0.3, -0.25) is 38.4 Å². The van der Waals surface area contributed by atoms with Crippen molar-refractivity contribution < 1.29 is 37.0 Å². The van der Waals surface area contributed by atoms with E-state index < -0.39 is 42.3 Å². The molecule has 4 N–H and O–H groups in total. The number of anilines is 2. The Labute approximate surface area is 378 Å².